The molecule has 0 aliphatic carbocycles. The molecule has 0 spiro atoms. The molecular weight excluding hydrogens is 240 g/mol. The Hall–Kier alpha value is -2.61. The van der Waals surface area contributed by atoms with E-state index in [0.29, 0.717) is 5.82 Å². The van der Waals surface area contributed by atoms with Gasteiger partial charge in [0.1, 0.15) is 23.3 Å². The average Bonchev–Trinajstić information content (AvgIpc) is 2.45. The van der Waals surface area contributed by atoms with E-state index in [9.17, 15) is 0 Å². The molecule has 0 fully saturated rings. The lowest BCUT2D eigenvalue weighted by molar-refractivity contribution is 0.410. The molecule has 0 saturated heterocycles. The Morgan fingerprint density at radius 2 is 2.11 bits per heavy atom. The monoisotopic (exact) mass is 254 g/mol. The molecule has 0 radical (unpaired) electrons. The minimum Gasteiger partial charge on any atom is -0.496 e. The van der Waals surface area contributed by atoms with E-state index in [2.05, 4.69) is 9.97 Å². The fraction of sp³-hybridized carbons (Fsp3) is 0.214. The number of hydrogen-bond donors (Lipinski definition) is 1. The average molecular weight is 254 g/mol. The summed E-state index contributed by atoms with van der Waals surface area (Å²) in [6, 6.07) is 9.10. The number of aryl methyl sites for hydroxylation is 1. The van der Waals surface area contributed by atoms with Crippen molar-refractivity contribution in [1.29, 1.82) is 5.26 Å². The lowest BCUT2D eigenvalue weighted by Gasteiger charge is -2.09. The van der Waals surface area contributed by atoms with E-state index in [1.165, 1.54) is 6.07 Å². The van der Waals surface area contributed by atoms with Gasteiger partial charge < -0.3 is 10.5 Å². The third-order valence-corrected chi connectivity index (χ3v) is 2.78. The van der Waals surface area contributed by atoms with Crippen LogP contribution in [0.3, 0.4) is 0 Å². The van der Waals surface area contributed by atoms with E-state index >= 15 is 0 Å². The van der Waals surface area contributed by atoms with Crippen molar-refractivity contribution in [1.82, 2.24) is 9.97 Å². The zero-order chi connectivity index (χ0) is 13.8. The Morgan fingerprint density at radius 1 is 1.32 bits per heavy atom. The van der Waals surface area contributed by atoms with Crippen LogP contribution in [-0.2, 0) is 6.42 Å². The maximum absolute atomic E-state index is 8.90. The van der Waals surface area contributed by atoms with Crippen molar-refractivity contribution in [2.24, 2.45) is 0 Å². The standard InChI is InChI=1S/C14H14N4O/c1-3-9-6-10(4-5-12(9)19-2)14-17-11(8-15)7-13(16)18-14/h4-7H,3H2,1-2H3,(H2,16,17,18). The van der Waals surface area contributed by atoms with Gasteiger partial charge in [-0.05, 0) is 30.2 Å². The first-order valence-corrected chi connectivity index (χ1v) is 5.90. The zero-order valence-corrected chi connectivity index (χ0v) is 10.8. The van der Waals surface area contributed by atoms with Gasteiger partial charge in [0.2, 0.25) is 0 Å². The van der Waals surface area contributed by atoms with Crippen LogP contribution in [0.4, 0.5) is 5.82 Å². The van der Waals surface area contributed by atoms with Crippen LogP contribution in [-0.4, -0.2) is 17.1 Å². The number of nitrogen functional groups attached to an aromatic ring is 1. The molecule has 2 N–H and O–H groups in total. The van der Waals surface area contributed by atoms with Gasteiger partial charge >= 0.3 is 0 Å². The second-order valence-corrected chi connectivity index (χ2v) is 3.99. The molecule has 1 aromatic heterocycles. The summed E-state index contributed by atoms with van der Waals surface area (Å²) in [5.74, 6) is 1.57. The molecule has 0 bridgehead atoms. The number of nitrogens with zero attached hydrogens (tertiary/aromatic N) is 3. The van der Waals surface area contributed by atoms with Gasteiger partial charge in [0, 0.05) is 11.6 Å². The van der Waals surface area contributed by atoms with Gasteiger partial charge in [0.15, 0.2) is 5.82 Å². The number of nitrogens with two attached hydrogens (primary N) is 1. The summed E-state index contributed by atoms with van der Waals surface area (Å²) in [6.07, 6.45) is 0.838. The number of methoxy groups -OCH3 is 1. The maximum Gasteiger partial charge on any atom is 0.162 e. The SMILES string of the molecule is CCc1cc(-c2nc(N)cc(C#N)n2)ccc1OC. The summed E-state index contributed by atoms with van der Waals surface area (Å²) < 4.78 is 5.28. The number of anilines is 1. The van der Waals surface area contributed by atoms with E-state index in [4.69, 9.17) is 15.7 Å². The highest BCUT2D eigenvalue weighted by atomic mass is 16.5. The largest absolute Gasteiger partial charge is 0.496 e. The quantitative estimate of drug-likeness (QED) is 0.907. The lowest BCUT2D eigenvalue weighted by atomic mass is 10.1. The van der Waals surface area contributed by atoms with Gasteiger partial charge in [-0.25, -0.2) is 9.97 Å². The molecular formula is C14H14N4O. The Balaban J connectivity index is 2.53. The zero-order valence-electron chi connectivity index (χ0n) is 10.8. The number of benzene rings is 1. The smallest absolute Gasteiger partial charge is 0.162 e. The molecule has 1 aromatic carbocycles. The Bertz CT molecular complexity index is 646. The predicted octanol–water partition coefficient (Wildman–Crippen LogP) is 2.17. The molecule has 0 amide bonds. The Kier molecular flexibility index (Phi) is 3.62. The molecule has 0 atom stereocenters. The van der Waals surface area contributed by atoms with Crippen molar-refractivity contribution in [2.75, 3.05) is 12.8 Å². The van der Waals surface area contributed by atoms with Crippen LogP contribution >= 0.6 is 0 Å². The van der Waals surface area contributed by atoms with Crippen molar-refractivity contribution < 1.29 is 4.74 Å². The topological polar surface area (TPSA) is 84.8 Å². The highest BCUT2D eigenvalue weighted by molar-refractivity contribution is 5.61. The van der Waals surface area contributed by atoms with Gasteiger partial charge in [0.25, 0.3) is 0 Å². The molecule has 0 aliphatic rings. The number of rotatable bonds is 3. The van der Waals surface area contributed by atoms with Crippen LogP contribution in [0.2, 0.25) is 0 Å². The molecule has 96 valence electrons. The van der Waals surface area contributed by atoms with Crippen molar-refractivity contribution in [3.8, 4) is 23.2 Å². The molecule has 19 heavy (non-hydrogen) atoms. The molecule has 0 saturated carbocycles. The summed E-state index contributed by atoms with van der Waals surface area (Å²) in [6.45, 7) is 2.04. The van der Waals surface area contributed by atoms with E-state index in [-0.39, 0.29) is 11.5 Å². The molecule has 5 heteroatoms. The van der Waals surface area contributed by atoms with Gasteiger partial charge in [-0.3, -0.25) is 0 Å². The highest BCUT2D eigenvalue weighted by Crippen LogP contribution is 2.25. The molecule has 5 nitrogen and oxygen atoms in total. The first-order chi connectivity index (χ1) is 9.17. The first kappa shape index (κ1) is 12.8. The molecule has 0 aliphatic heterocycles. The maximum atomic E-state index is 8.90. The minimum absolute atomic E-state index is 0.261. The lowest BCUT2D eigenvalue weighted by Crippen LogP contribution is -1.99. The second kappa shape index (κ2) is 5.36. The van der Waals surface area contributed by atoms with E-state index in [1.54, 1.807) is 7.11 Å². The number of hydrogen-bond acceptors (Lipinski definition) is 5. The van der Waals surface area contributed by atoms with Crippen LogP contribution in [0.25, 0.3) is 11.4 Å². The fourth-order valence-electron chi connectivity index (χ4n) is 1.85. The molecule has 2 aromatic rings. The summed E-state index contributed by atoms with van der Waals surface area (Å²) >= 11 is 0. The molecule has 0 unspecified atom stereocenters. The summed E-state index contributed by atoms with van der Waals surface area (Å²) in [5.41, 5.74) is 7.81. The van der Waals surface area contributed by atoms with Crippen LogP contribution in [0.5, 0.6) is 5.75 Å². The van der Waals surface area contributed by atoms with Gasteiger partial charge in [-0.2, -0.15) is 5.26 Å². The van der Waals surface area contributed by atoms with Crippen LogP contribution in [0, 0.1) is 11.3 Å². The summed E-state index contributed by atoms with van der Waals surface area (Å²) in [7, 11) is 1.64. The molecule has 2 rings (SSSR count). The highest BCUT2D eigenvalue weighted by Gasteiger charge is 2.08. The number of nitriles is 1. The van der Waals surface area contributed by atoms with Crippen LogP contribution in [0.15, 0.2) is 24.3 Å². The van der Waals surface area contributed by atoms with Crippen molar-refractivity contribution in [3.63, 3.8) is 0 Å². The third kappa shape index (κ3) is 2.63. The fourth-order valence-corrected chi connectivity index (χ4v) is 1.85. The second-order valence-electron chi connectivity index (χ2n) is 3.99. The van der Waals surface area contributed by atoms with E-state index < -0.39 is 0 Å². The Morgan fingerprint density at radius 3 is 2.74 bits per heavy atom. The van der Waals surface area contributed by atoms with Crippen LogP contribution < -0.4 is 10.5 Å². The van der Waals surface area contributed by atoms with Gasteiger partial charge in [-0.1, -0.05) is 6.92 Å². The number of ether oxygens (including phenoxy) is 1. The molecule has 1 heterocycles. The van der Waals surface area contributed by atoms with E-state index in [0.717, 1.165) is 23.3 Å². The van der Waals surface area contributed by atoms with Crippen molar-refractivity contribution >= 4 is 5.82 Å². The van der Waals surface area contributed by atoms with Crippen molar-refractivity contribution in [3.05, 3.63) is 35.5 Å². The van der Waals surface area contributed by atoms with Crippen molar-refractivity contribution in [2.45, 2.75) is 13.3 Å². The summed E-state index contributed by atoms with van der Waals surface area (Å²) in [5, 5.41) is 8.90. The Labute approximate surface area is 111 Å². The summed E-state index contributed by atoms with van der Waals surface area (Å²) in [4.78, 5) is 8.32. The number of aromatic nitrogens is 2. The van der Waals surface area contributed by atoms with Crippen LogP contribution in [0.1, 0.15) is 18.2 Å². The normalized spacial score (nSPS) is 9.95. The van der Waals surface area contributed by atoms with Gasteiger partial charge in [-0.15, -0.1) is 0 Å². The van der Waals surface area contributed by atoms with Gasteiger partial charge in [0.05, 0.1) is 7.11 Å². The third-order valence-electron chi connectivity index (χ3n) is 2.78. The minimum atomic E-state index is 0.261. The first-order valence-electron chi connectivity index (χ1n) is 5.90. The predicted molar refractivity (Wildman–Crippen MR) is 72.5 cm³/mol. The van der Waals surface area contributed by atoms with E-state index in [1.807, 2.05) is 31.2 Å².